The topological polar surface area (TPSA) is 46.2 Å². The maximum atomic E-state index is 12.2. The SMILES string of the molecule is O=S(=O)(Nc1ccccc1)c1ccc(CCCCl)cc1. The predicted octanol–water partition coefficient (Wildman–Crippen LogP) is 3.66. The minimum Gasteiger partial charge on any atom is -0.280 e. The summed E-state index contributed by atoms with van der Waals surface area (Å²) in [4.78, 5) is 0.260. The van der Waals surface area contributed by atoms with Crippen molar-refractivity contribution in [2.24, 2.45) is 0 Å². The summed E-state index contributed by atoms with van der Waals surface area (Å²) in [5, 5.41) is 0. The second-order valence-electron chi connectivity index (χ2n) is 4.41. The molecule has 0 atom stereocenters. The molecule has 106 valence electrons. The molecule has 0 aliphatic rings. The molecule has 2 aromatic carbocycles. The molecule has 0 unspecified atom stereocenters. The Bertz CT molecular complexity index is 639. The van der Waals surface area contributed by atoms with E-state index in [2.05, 4.69) is 4.72 Å². The van der Waals surface area contributed by atoms with Crippen LogP contribution < -0.4 is 4.72 Å². The average Bonchev–Trinajstić information content (AvgIpc) is 2.46. The molecule has 5 heteroatoms. The first-order valence-electron chi connectivity index (χ1n) is 6.34. The fourth-order valence-electron chi connectivity index (χ4n) is 1.83. The molecule has 0 aliphatic heterocycles. The van der Waals surface area contributed by atoms with Crippen LogP contribution in [0.3, 0.4) is 0 Å². The Balaban J connectivity index is 2.13. The molecule has 0 saturated heterocycles. The zero-order valence-corrected chi connectivity index (χ0v) is 12.5. The van der Waals surface area contributed by atoms with Crippen LogP contribution >= 0.6 is 11.6 Å². The second kappa shape index (κ2) is 6.77. The maximum absolute atomic E-state index is 12.2. The van der Waals surface area contributed by atoms with Crippen LogP contribution in [0.25, 0.3) is 0 Å². The van der Waals surface area contributed by atoms with Crippen LogP contribution in [0.5, 0.6) is 0 Å². The van der Waals surface area contributed by atoms with Crippen molar-refractivity contribution in [3.05, 3.63) is 60.2 Å². The molecule has 3 nitrogen and oxygen atoms in total. The van der Waals surface area contributed by atoms with E-state index in [4.69, 9.17) is 11.6 Å². The van der Waals surface area contributed by atoms with Crippen LogP contribution in [0.2, 0.25) is 0 Å². The van der Waals surface area contributed by atoms with Crippen molar-refractivity contribution in [1.29, 1.82) is 0 Å². The molecule has 0 aliphatic carbocycles. The van der Waals surface area contributed by atoms with Gasteiger partial charge in [0.25, 0.3) is 10.0 Å². The van der Waals surface area contributed by atoms with E-state index in [0.717, 1.165) is 18.4 Å². The van der Waals surface area contributed by atoms with Gasteiger partial charge in [0.15, 0.2) is 0 Å². The molecule has 0 radical (unpaired) electrons. The molecule has 0 bridgehead atoms. The molecular weight excluding hydrogens is 294 g/mol. The van der Waals surface area contributed by atoms with Crippen LogP contribution in [-0.2, 0) is 16.4 Å². The van der Waals surface area contributed by atoms with Crippen LogP contribution in [0.15, 0.2) is 59.5 Å². The van der Waals surface area contributed by atoms with Crippen LogP contribution in [0, 0.1) is 0 Å². The lowest BCUT2D eigenvalue weighted by Crippen LogP contribution is -2.12. The van der Waals surface area contributed by atoms with E-state index in [1.807, 2.05) is 18.2 Å². The van der Waals surface area contributed by atoms with Crippen molar-refractivity contribution >= 4 is 27.3 Å². The molecule has 0 saturated carbocycles. The van der Waals surface area contributed by atoms with Gasteiger partial charge in [-0.05, 0) is 42.7 Å². The summed E-state index contributed by atoms with van der Waals surface area (Å²) in [6.45, 7) is 0. The van der Waals surface area contributed by atoms with Crippen LogP contribution in [-0.4, -0.2) is 14.3 Å². The average molecular weight is 310 g/mol. The van der Waals surface area contributed by atoms with Gasteiger partial charge in [0.2, 0.25) is 0 Å². The largest absolute Gasteiger partial charge is 0.280 e. The second-order valence-corrected chi connectivity index (χ2v) is 6.47. The van der Waals surface area contributed by atoms with Gasteiger partial charge in [0.05, 0.1) is 4.90 Å². The number of nitrogens with one attached hydrogen (secondary N) is 1. The van der Waals surface area contributed by atoms with Crippen molar-refractivity contribution in [2.75, 3.05) is 10.6 Å². The summed E-state index contributed by atoms with van der Waals surface area (Å²) in [5.41, 5.74) is 1.64. The molecule has 20 heavy (non-hydrogen) atoms. The molecule has 0 spiro atoms. The Kier molecular flexibility index (Phi) is 5.04. The Morgan fingerprint density at radius 2 is 1.60 bits per heavy atom. The molecule has 0 amide bonds. The van der Waals surface area contributed by atoms with Gasteiger partial charge in [-0.2, -0.15) is 0 Å². The lowest BCUT2D eigenvalue weighted by atomic mass is 10.1. The number of rotatable bonds is 6. The zero-order valence-electron chi connectivity index (χ0n) is 10.9. The van der Waals surface area contributed by atoms with Gasteiger partial charge in [-0.1, -0.05) is 30.3 Å². The summed E-state index contributed by atoms with van der Waals surface area (Å²) in [7, 11) is -3.53. The van der Waals surface area contributed by atoms with E-state index in [-0.39, 0.29) is 4.90 Å². The Morgan fingerprint density at radius 3 is 2.20 bits per heavy atom. The standard InChI is InChI=1S/C15H16ClNO2S/c16-12-4-5-13-8-10-15(11-9-13)20(18,19)17-14-6-2-1-3-7-14/h1-3,6-11,17H,4-5,12H2. The van der Waals surface area contributed by atoms with Gasteiger partial charge in [0.1, 0.15) is 0 Å². The van der Waals surface area contributed by atoms with E-state index < -0.39 is 10.0 Å². The third-order valence-electron chi connectivity index (χ3n) is 2.86. The number of benzene rings is 2. The van der Waals surface area contributed by atoms with Crippen LogP contribution in [0.4, 0.5) is 5.69 Å². The molecule has 0 fully saturated rings. The maximum Gasteiger partial charge on any atom is 0.261 e. The van der Waals surface area contributed by atoms with Crippen molar-refractivity contribution in [3.63, 3.8) is 0 Å². The Labute approximate surface area is 124 Å². The first-order valence-corrected chi connectivity index (χ1v) is 8.36. The van der Waals surface area contributed by atoms with Gasteiger partial charge in [-0.25, -0.2) is 8.42 Å². The Morgan fingerprint density at radius 1 is 0.950 bits per heavy atom. The fourth-order valence-corrected chi connectivity index (χ4v) is 3.02. The predicted molar refractivity (Wildman–Crippen MR) is 82.7 cm³/mol. The van der Waals surface area contributed by atoms with E-state index in [0.29, 0.717) is 11.6 Å². The van der Waals surface area contributed by atoms with E-state index in [1.54, 1.807) is 36.4 Å². The summed E-state index contributed by atoms with van der Waals surface area (Å²) in [5.74, 6) is 0.607. The third-order valence-corrected chi connectivity index (χ3v) is 4.52. The number of hydrogen-bond donors (Lipinski definition) is 1. The number of para-hydroxylation sites is 1. The third kappa shape index (κ3) is 3.99. The van der Waals surface area contributed by atoms with Crippen molar-refractivity contribution in [3.8, 4) is 0 Å². The van der Waals surface area contributed by atoms with E-state index in [9.17, 15) is 8.42 Å². The molecule has 0 aromatic heterocycles. The quantitative estimate of drug-likeness (QED) is 0.828. The summed E-state index contributed by atoms with van der Waals surface area (Å²) < 4.78 is 26.9. The smallest absolute Gasteiger partial charge is 0.261 e. The normalized spacial score (nSPS) is 11.2. The number of halogens is 1. The van der Waals surface area contributed by atoms with Crippen LogP contribution in [0.1, 0.15) is 12.0 Å². The van der Waals surface area contributed by atoms with Crippen molar-refractivity contribution in [2.45, 2.75) is 17.7 Å². The number of hydrogen-bond acceptors (Lipinski definition) is 2. The highest BCUT2D eigenvalue weighted by atomic mass is 35.5. The number of sulfonamides is 1. The highest BCUT2D eigenvalue weighted by Crippen LogP contribution is 2.16. The number of anilines is 1. The summed E-state index contributed by atoms with van der Waals surface area (Å²) >= 11 is 5.64. The lowest BCUT2D eigenvalue weighted by Gasteiger charge is -2.08. The monoisotopic (exact) mass is 309 g/mol. The highest BCUT2D eigenvalue weighted by molar-refractivity contribution is 7.92. The summed E-state index contributed by atoms with van der Waals surface area (Å²) in [6.07, 6.45) is 1.74. The summed E-state index contributed by atoms with van der Waals surface area (Å²) in [6, 6.07) is 15.7. The van der Waals surface area contributed by atoms with Gasteiger partial charge in [-0.15, -0.1) is 11.6 Å². The van der Waals surface area contributed by atoms with Gasteiger partial charge in [-0.3, -0.25) is 4.72 Å². The zero-order chi connectivity index (χ0) is 14.4. The van der Waals surface area contributed by atoms with Crippen molar-refractivity contribution in [1.82, 2.24) is 0 Å². The molecule has 0 heterocycles. The molecular formula is C15H16ClNO2S. The van der Waals surface area contributed by atoms with E-state index >= 15 is 0 Å². The minimum atomic E-state index is -3.53. The first kappa shape index (κ1) is 14.9. The number of aryl methyl sites for hydroxylation is 1. The first-order chi connectivity index (χ1) is 9.62. The molecule has 2 rings (SSSR count). The highest BCUT2D eigenvalue weighted by Gasteiger charge is 2.13. The van der Waals surface area contributed by atoms with Gasteiger partial charge in [0, 0.05) is 11.6 Å². The van der Waals surface area contributed by atoms with E-state index in [1.165, 1.54) is 0 Å². The Hall–Kier alpha value is -1.52. The number of alkyl halides is 1. The van der Waals surface area contributed by atoms with Crippen molar-refractivity contribution < 1.29 is 8.42 Å². The van der Waals surface area contributed by atoms with Gasteiger partial charge >= 0.3 is 0 Å². The molecule has 2 aromatic rings. The van der Waals surface area contributed by atoms with Gasteiger partial charge < -0.3 is 0 Å². The fraction of sp³-hybridized carbons (Fsp3) is 0.200. The molecule has 1 N–H and O–H groups in total. The lowest BCUT2D eigenvalue weighted by molar-refractivity contribution is 0.601. The minimum absolute atomic E-state index is 0.260.